The van der Waals surface area contributed by atoms with Gasteiger partial charge in [0, 0.05) is 12.1 Å². The number of unbranched alkanes of at least 4 members (excludes halogenated alkanes) is 1. The first-order valence-corrected chi connectivity index (χ1v) is 8.45. The molecular formula is C14H17Cl3FN3OS. The van der Waals surface area contributed by atoms with Gasteiger partial charge in [-0.25, -0.2) is 4.39 Å². The highest BCUT2D eigenvalue weighted by Crippen LogP contribution is 2.29. The van der Waals surface area contributed by atoms with Crippen LogP contribution in [0.15, 0.2) is 24.3 Å². The fourth-order valence-corrected chi connectivity index (χ4v) is 2.16. The molecule has 0 unspecified atom stereocenters. The number of thiocarbonyl (C=S) groups is 1. The average Bonchev–Trinajstić information content (AvgIpc) is 2.46. The van der Waals surface area contributed by atoms with Crippen molar-refractivity contribution in [2.45, 2.75) is 36.1 Å². The molecule has 0 aliphatic carbocycles. The Hall–Kier alpha value is -0.820. The molecule has 0 aliphatic rings. The van der Waals surface area contributed by atoms with Crippen molar-refractivity contribution in [1.29, 1.82) is 0 Å². The number of nitrogens with one attached hydrogen (secondary N) is 3. The summed E-state index contributed by atoms with van der Waals surface area (Å²) >= 11 is 22.7. The second kappa shape index (κ2) is 9.47. The SMILES string of the molecule is CCCCC(=O)N[C@H](NC(=S)Nc1ccc(F)cc1)C(Cl)(Cl)Cl. The van der Waals surface area contributed by atoms with Crippen LogP contribution < -0.4 is 16.0 Å². The van der Waals surface area contributed by atoms with Crippen molar-refractivity contribution in [2.75, 3.05) is 5.32 Å². The average molecular weight is 401 g/mol. The van der Waals surface area contributed by atoms with E-state index in [1.54, 1.807) is 0 Å². The molecule has 1 atom stereocenters. The van der Waals surface area contributed by atoms with Crippen LogP contribution >= 0.6 is 47.0 Å². The normalized spacial score (nSPS) is 12.4. The number of benzene rings is 1. The third-order valence-corrected chi connectivity index (χ3v) is 3.64. The fourth-order valence-electron chi connectivity index (χ4n) is 1.60. The highest BCUT2D eigenvalue weighted by Gasteiger charge is 2.34. The van der Waals surface area contributed by atoms with Crippen molar-refractivity contribution >= 4 is 63.7 Å². The molecule has 4 nitrogen and oxygen atoms in total. The van der Waals surface area contributed by atoms with Crippen LogP contribution in [-0.4, -0.2) is 21.0 Å². The summed E-state index contributed by atoms with van der Waals surface area (Å²) in [5, 5.41) is 8.25. The molecule has 128 valence electrons. The molecule has 0 aromatic heterocycles. The van der Waals surface area contributed by atoms with Gasteiger partial charge in [-0.05, 0) is 42.9 Å². The van der Waals surface area contributed by atoms with Crippen LogP contribution in [-0.2, 0) is 4.79 Å². The Bertz CT molecular complexity index is 537. The number of alkyl halides is 3. The maximum atomic E-state index is 12.9. The summed E-state index contributed by atoms with van der Waals surface area (Å²) in [7, 11) is 0. The molecule has 9 heteroatoms. The van der Waals surface area contributed by atoms with Crippen LogP contribution in [0.2, 0.25) is 0 Å². The molecule has 0 heterocycles. The van der Waals surface area contributed by atoms with Gasteiger partial charge < -0.3 is 16.0 Å². The number of amides is 1. The van der Waals surface area contributed by atoms with Gasteiger partial charge in [0.2, 0.25) is 9.70 Å². The van der Waals surface area contributed by atoms with Crippen LogP contribution in [0.25, 0.3) is 0 Å². The molecule has 0 bridgehead atoms. The molecule has 1 rings (SSSR count). The van der Waals surface area contributed by atoms with Crippen molar-refractivity contribution in [1.82, 2.24) is 10.6 Å². The van der Waals surface area contributed by atoms with E-state index in [2.05, 4.69) is 16.0 Å². The van der Waals surface area contributed by atoms with E-state index in [4.69, 9.17) is 47.0 Å². The zero-order valence-electron chi connectivity index (χ0n) is 12.3. The molecular weight excluding hydrogens is 384 g/mol. The maximum Gasteiger partial charge on any atom is 0.228 e. The van der Waals surface area contributed by atoms with Crippen LogP contribution in [0.3, 0.4) is 0 Å². The van der Waals surface area contributed by atoms with Gasteiger partial charge in [0.15, 0.2) is 5.11 Å². The Morgan fingerprint density at radius 2 is 1.87 bits per heavy atom. The van der Waals surface area contributed by atoms with E-state index in [1.807, 2.05) is 6.92 Å². The lowest BCUT2D eigenvalue weighted by Crippen LogP contribution is -2.56. The molecule has 23 heavy (non-hydrogen) atoms. The number of halogens is 4. The van der Waals surface area contributed by atoms with Gasteiger partial charge in [-0.1, -0.05) is 48.1 Å². The van der Waals surface area contributed by atoms with Crippen molar-refractivity contribution in [3.05, 3.63) is 30.1 Å². The van der Waals surface area contributed by atoms with Gasteiger partial charge in [-0.15, -0.1) is 0 Å². The summed E-state index contributed by atoms with van der Waals surface area (Å²) in [6, 6.07) is 5.58. The summed E-state index contributed by atoms with van der Waals surface area (Å²) in [6.07, 6.45) is 0.936. The second-order valence-electron chi connectivity index (χ2n) is 4.75. The zero-order chi connectivity index (χ0) is 17.5. The van der Waals surface area contributed by atoms with Crippen LogP contribution in [0.5, 0.6) is 0 Å². The lowest BCUT2D eigenvalue weighted by molar-refractivity contribution is -0.122. The highest BCUT2D eigenvalue weighted by atomic mass is 35.6. The monoisotopic (exact) mass is 399 g/mol. The van der Waals surface area contributed by atoms with Crippen molar-refractivity contribution in [3.8, 4) is 0 Å². The van der Waals surface area contributed by atoms with E-state index < -0.39 is 9.96 Å². The maximum absolute atomic E-state index is 12.9. The third-order valence-electron chi connectivity index (χ3n) is 2.77. The topological polar surface area (TPSA) is 53.2 Å². The standard InChI is InChI=1S/C14H17Cl3FN3OS/c1-2-3-4-11(22)20-12(14(15,16)17)21-13(23)19-10-7-5-9(18)6-8-10/h5-8,12H,2-4H2,1H3,(H,20,22)(H2,19,21,23)/t12-/m1/s1. The molecule has 0 saturated heterocycles. The van der Waals surface area contributed by atoms with Gasteiger partial charge in [-0.2, -0.15) is 0 Å². The Balaban J connectivity index is 2.63. The van der Waals surface area contributed by atoms with Crippen LogP contribution in [0.1, 0.15) is 26.2 Å². The number of carbonyl (C=O) groups excluding carboxylic acids is 1. The number of anilines is 1. The molecule has 0 fully saturated rings. The van der Waals surface area contributed by atoms with Gasteiger partial charge in [-0.3, -0.25) is 4.79 Å². The van der Waals surface area contributed by atoms with Gasteiger partial charge in [0.1, 0.15) is 12.0 Å². The Morgan fingerprint density at radius 3 is 2.39 bits per heavy atom. The quantitative estimate of drug-likeness (QED) is 0.382. The molecule has 1 amide bonds. The Kier molecular flexibility index (Phi) is 8.33. The highest BCUT2D eigenvalue weighted by molar-refractivity contribution is 7.80. The van der Waals surface area contributed by atoms with Crippen LogP contribution in [0.4, 0.5) is 10.1 Å². The zero-order valence-corrected chi connectivity index (χ0v) is 15.4. The molecule has 0 radical (unpaired) electrons. The predicted octanol–water partition coefficient (Wildman–Crippen LogP) is 4.11. The minimum atomic E-state index is -1.80. The fraction of sp³-hybridized carbons (Fsp3) is 0.429. The number of hydrogen-bond donors (Lipinski definition) is 3. The van der Waals surface area contributed by atoms with Gasteiger partial charge in [0.25, 0.3) is 0 Å². The predicted molar refractivity (Wildman–Crippen MR) is 97.5 cm³/mol. The molecule has 0 saturated carbocycles. The molecule has 1 aromatic carbocycles. The first-order valence-electron chi connectivity index (χ1n) is 6.91. The number of hydrogen-bond acceptors (Lipinski definition) is 2. The van der Waals surface area contributed by atoms with Crippen LogP contribution in [0, 0.1) is 5.82 Å². The van der Waals surface area contributed by atoms with E-state index in [0.29, 0.717) is 12.1 Å². The summed E-state index contributed by atoms with van der Waals surface area (Å²) in [4.78, 5) is 11.8. The second-order valence-corrected chi connectivity index (χ2v) is 7.53. The minimum Gasteiger partial charge on any atom is -0.339 e. The van der Waals surface area contributed by atoms with E-state index in [1.165, 1.54) is 24.3 Å². The first-order chi connectivity index (χ1) is 10.7. The number of carbonyl (C=O) groups is 1. The largest absolute Gasteiger partial charge is 0.339 e. The summed E-state index contributed by atoms with van der Waals surface area (Å²) < 4.78 is 11.1. The molecule has 0 spiro atoms. The lowest BCUT2D eigenvalue weighted by atomic mass is 10.2. The Labute approximate surface area is 155 Å². The summed E-state index contributed by atoms with van der Waals surface area (Å²) in [5.74, 6) is -0.614. The van der Waals surface area contributed by atoms with E-state index in [-0.39, 0.29) is 16.8 Å². The molecule has 0 aliphatic heterocycles. The van der Waals surface area contributed by atoms with E-state index in [0.717, 1.165) is 12.8 Å². The first kappa shape index (κ1) is 20.2. The molecule has 1 aromatic rings. The summed E-state index contributed by atoms with van der Waals surface area (Å²) in [5.41, 5.74) is 0.560. The Morgan fingerprint density at radius 1 is 1.26 bits per heavy atom. The molecule has 3 N–H and O–H groups in total. The summed E-state index contributed by atoms with van der Waals surface area (Å²) in [6.45, 7) is 1.97. The van der Waals surface area contributed by atoms with Crippen molar-refractivity contribution in [2.24, 2.45) is 0 Å². The lowest BCUT2D eigenvalue weighted by Gasteiger charge is -2.27. The van der Waals surface area contributed by atoms with E-state index >= 15 is 0 Å². The third kappa shape index (κ3) is 8.01. The van der Waals surface area contributed by atoms with Crippen molar-refractivity contribution in [3.63, 3.8) is 0 Å². The number of rotatable bonds is 6. The minimum absolute atomic E-state index is 0.128. The van der Waals surface area contributed by atoms with E-state index in [9.17, 15) is 9.18 Å². The van der Waals surface area contributed by atoms with Crippen molar-refractivity contribution < 1.29 is 9.18 Å². The van der Waals surface area contributed by atoms with Gasteiger partial charge >= 0.3 is 0 Å². The van der Waals surface area contributed by atoms with Gasteiger partial charge in [0.05, 0.1) is 0 Å². The smallest absolute Gasteiger partial charge is 0.228 e.